The molecule has 0 aliphatic rings. The molecule has 3 aromatic rings. The Kier molecular flexibility index (Phi) is 6.92. The van der Waals surface area contributed by atoms with Gasteiger partial charge in [0.05, 0.1) is 5.69 Å². The molecule has 26 heavy (non-hydrogen) atoms. The fourth-order valence-corrected chi connectivity index (χ4v) is 2.59. The van der Waals surface area contributed by atoms with Gasteiger partial charge in [-0.05, 0) is 23.8 Å². The number of hydrogen-bond donors (Lipinski definition) is 1. The van der Waals surface area contributed by atoms with Gasteiger partial charge in [0.25, 0.3) is 0 Å². The van der Waals surface area contributed by atoms with Crippen molar-refractivity contribution in [2.45, 2.75) is 19.2 Å². The second-order valence-corrected chi connectivity index (χ2v) is 5.74. The third-order valence-electron chi connectivity index (χ3n) is 3.72. The topological polar surface area (TPSA) is 59.3 Å². The first kappa shape index (κ1) is 19.7. The van der Waals surface area contributed by atoms with Gasteiger partial charge >= 0.3 is 0 Å². The predicted molar refractivity (Wildman–Crippen MR) is 102 cm³/mol. The van der Waals surface area contributed by atoms with Crippen molar-refractivity contribution in [1.29, 1.82) is 0 Å². The molecular formula is C20H19ClFNO3. The lowest BCUT2D eigenvalue weighted by atomic mass is 10.1. The number of nitrogens with one attached hydrogen (secondary N) is 1. The van der Waals surface area contributed by atoms with Crippen molar-refractivity contribution in [2.24, 2.45) is 0 Å². The highest BCUT2D eigenvalue weighted by atomic mass is 35.5. The first-order chi connectivity index (χ1) is 12.5. The summed E-state index contributed by atoms with van der Waals surface area (Å²) in [4.78, 5) is 21.9. The average molecular weight is 376 g/mol. The van der Waals surface area contributed by atoms with Gasteiger partial charge in [-0.25, -0.2) is 4.39 Å². The fraction of sp³-hybridized carbons (Fsp3) is 0.200. The lowest BCUT2D eigenvalue weighted by Crippen LogP contribution is -1.99. The summed E-state index contributed by atoms with van der Waals surface area (Å²) in [5.41, 5.74) is 2.67. The van der Waals surface area contributed by atoms with Crippen LogP contribution in [-0.4, -0.2) is 19.1 Å². The minimum Gasteiger partial charge on any atom is -0.451 e. The summed E-state index contributed by atoms with van der Waals surface area (Å²) in [6.45, 7) is 1.76. The Morgan fingerprint density at radius 3 is 2.65 bits per heavy atom. The van der Waals surface area contributed by atoms with E-state index in [2.05, 4.69) is 5.32 Å². The van der Waals surface area contributed by atoms with E-state index in [4.69, 9.17) is 16.0 Å². The first-order valence-corrected chi connectivity index (χ1v) is 8.60. The van der Waals surface area contributed by atoms with Crippen LogP contribution in [0.4, 0.5) is 10.1 Å². The molecule has 4 nitrogen and oxygen atoms in total. The zero-order valence-corrected chi connectivity index (χ0v) is 15.3. The third-order valence-corrected chi connectivity index (χ3v) is 4.03. The molecule has 0 atom stereocenters. The lowest BCUT2D eigenvalue weighted by molar-refractivity contribution is 0.0964. The van der Waals surface area contributed by atoms with E-state index in [1.54, 1.807) is 32.2 Å². The maximum atomic E-state index is 13.0. The second-order valence-electron chi connectivity index (χ2n) is 5.47. The third kappa shape index (κ3) is 4.49. The minimum atomic E-state index is -0.376. The van der Waals surface area contributed by atoms with Gasteiger partial charge in [-0.3, -0.25) is 9.59 Å². The van der Waals surface area contributed by atoms with Crippen molar-refractivity contribution in [3.05, 3.63) is 65.2 Å². The summed E-state index contributed by atoms with van der Waals surface area (Å²) < 4.78 is 18.4. The van der Waals surface area contributed by atoms with Crippen molar-refractivity contribution in [2.75, 3.05) is 12.4 Å². The Morgan fingerprint density at radius 1 is 1.27 bits per heavy atom. The van der Waals surface area contributed by atoms with Gasteiger partial charge in [-0.2, -0.15) is 0 Å². The molecule has 0 saturated heterocycles. The predicted octanol–water partition coefficient (Wildman–Crippen LogP) is 5.44. The number of hydrogen-bond acceptors (Lipinski definition) is 4. The molecule has 1 aromatic heterocycles. The number of carbonyl (C=O) groups excluding carboxylic acids is 2. The van der Waals surface area contributed by atoms with E-state index >= 15 is 0 Å². The van der Waals surface area contributed by atoms with Crippen LogP contribution in [0.1, 0.15) is 39.8 Å². The van der Waals surface area contributed by atoms with E-state index in [1.165, 1.54) is 12.1 Å². The van der Waals surface area contributed by atoms with Crippen LogP contribution in [0, 0.1) is 5.82 Å². The number of rotatable bonds is 5. The average Bonchev–Trinajstić information content (AvgIpc) is 3.05. The Bertz CT molecular complexity index is 921. The van der Waals surface area contributed by atoms with E-state index < -0.39 is 0 Å². The summed E-state index contributed by atoms with van der Waals surface area (Å²) in [6, 6.07) is 11.5. The number of aldehydes is 1. The highest BCUT2D eigenvalue weighted by molar-refractivity contribution is 6.17. The van der Waals surface area contributed by atoms with Crippen LogP contribution in [0.25, 0.3) is 11.0 Å². The van der Waals surface area contributed by atoms with E-state index in [1.807, 2.05) is 12.1 Å². The number of anilines is 1. The number of furan rings is 1. The van der Waals surface area contributed by atoms with Gasteiger partial charge in [0.15, 0.2) is 11.5 Å². The van der Waals surface area contributed by atoms with E-state index in [-0.39, 0.29) is 17.4 Å². The van der Waals surface area contributed by atoms with Crippen LogP contribution in [0.5, 0.6) is 0 Å². The molecule has 3 rings (SSSR count). The summed E-state index contributed by atoms with van der Waals surface area (Å²) in [5.74, 6) is 0.257. The first-order valence-electron chi connectivity index (χ1n) is 8.07. The highest BCUT2D eigenvalue weighted by Crippen LogP contribution is 2.31. The van der Waals surface area contributed by atoms with Gasteiger partial charge < -0.3 is 9.73 Å². The van der Waals surface area contributed by atoms with Crippen LogP contribution >= 0.6 is 11.6 Å². The Morgan fingerprint density at radius 2 is 2.04 bits per heavy atom. The minimum absolute atomic E-state index is 0.0963. The number of Topliss-reactive ketones (excluding diaryl/α,β-unsaturated/α-hetero) is 1. The Balaban J connectivity index is 0.000000209. The molecule has 2 aromatic carbocycles. The quantitative estimate of drug-likeness (QED) is 0.366. The standard InChI is InChI=1S/C12H12FNO2.C8H7ClO/c1-3-9(15)12-11(14-2)8-5-4-7(13)6-10(8)16-12;9-5-7-2-1-3-8(4-7)6-10/h4-6,14H,3H2,1-2H3;1-4,6H,5H2. The molecule has 0 bridgehead atoms. The number of fused-ring (bicyclic) bond motifs is 1. The smallest absolute Gasteiger partial charge is 0.199 e. The molecule has 0 aliphatic carbocycles. The molecule has 1 heterocycles. The molecule has 0 fully saturated rings. The zero-order chi connectivity index (χ0) is 19.1. The lowest BCUT2D eigenvalue weighted by Gasteiger charge is -1.98. The van der Waals surface area contributed by atoms with Crippen molar-refractivity contribution in [1.82, 2.24) is 0 Å². The number of alkyl halides is 1. The summed E-state index contributed by atoms with van der Waals surface area (Å²) in [7, 11) is 1.71. The largest absolute Gasteiger partial charge is 0.451 e. The second kappa shape index (κ2) is 9.15. The summed E-state index contributed by atoms with van der Waals surface area (Å²) in [6.07, 6.45) is 1.17. The van der Waals surface area contributed by atoms with Crippen molar-refractivity contribution >= 4 is 40.3 Å². The Labute approximate surface area is 156 Å². The van der Waals surface area contributed by atoms with Crippen molar-refractivity contribution in [3.8, 4) is 0 Å². The van der Waals surface area contributed by atoms with Gasteiger partial charge in [-0.1, -0.05) is 25.1 Å². The van der Waals surface area contributed by atoms with Crippen molar-refractivity contribution < 1.29 is 18.4 Å². The van der Waals surface area contributed by atoms with Gasteiger partial charge in [0, 0.05) is 36.4 Å². The van der Waals surface area contributed by atoms with E-state index in [0.717, 1.165) is 17.2 Å². The van der Waals surface area contributed by atoms with Crippen LogP contribution in [0.15, 0.2) is 46.9 Å². The van der Waals surface area contributed by atoms with E-state index in [9.17, 15) is 14.0 Å². The highest BCUT2D eigenvalue weighted by Gasteiger charge is 2.18. The van der Waals surface area contributed by atoms with Gasteiger partial charge in [-0.15, -0.1) is 11.6 Å². The van der Waals surface area contributed by atoms with Gasteiger partial charge in [0.2, 0.25) is 0 Å². The van der Waals surface area contributed by atoms with Crippen LogP contribution in [-0.2, 0) is 5.88 Å². The number of benzene rings is 2. The monoisotopic (exact) mass is 375 g/mol. The SMILES string of the molecule is CCC(=O)c1oc2cc(F)ccc2c1NC.O=Cc1cccc(CCl)c1. The zero-order valence-electron chi connectivity index (χ0n) is 14.5. The molecular weight excluding hydrogens is 357 g/mol. The van der Waals surface area contributed by atoms with Crippen LogP contribution < -0.4 is 5.32 Å². The number of carbonyl (C=O) groups is 2. The summed E-state index contributed by atoms with van der Waals surface area (Å²) in [5, 5.41) is 3.64. The number of ketones is 1. The molecule has 1 N–H and O–H groups in total. The normalized spacial score (nSPS) is 10.2. The molecule has 0 radical (unpaired) electrons. The molecule has 0 saturated carbocycles. The number of halogens is 2. The summed E-state index contributed by atoms with van der Waals surface area (Å²) >= 11 is 5.54. The fourth-order valence-electron chi connectivity index (χ4n) is 2.43. The van der Waals surface area contributed by atoms with Crippen molar-refractivity contribution in [3.63, 3.8) is 0 Å². The molecule has 0 amide bonds. The van der Waals surface area contributed by atoms with E-state index in [0.29, 0.717) is 29.1 Å². The van der Waals surface area contributed by atoms with Crippen LogP contribution in [0.3, 0.4) is 0 Å². The molecule has 0 spiro atoms. The maximum absolute atomic E-state index is 13.0. The van der Waals surface area contributed by atoms with Gasteiger partial charge in [0.1, 0.15) is 17.7 Å². The van der Waals surface area contributed by atoms with Crippen LogP contribution in [0.2, 0.25) is 0 Å². The molecule has 136 valence electrons. The molecule has 6 heteroatoms. The molecule has 0 unspecified atom stereocenters. The Hall–Kier alpha value is -2.66. The molecule has 0 aliphatic heterocycles. The maximum Gasteiger partial charge on any atom is 0.199 e.